The number of urea groups is 1. The summed E-state index contributed by atoms with van der Waals surface area (Å²) in [5.41, 5.74) is 1.46. The first-order valence-corrected chi connectivity index (χ1v) is 10.5. The van der Waals surface area contributed by atoms with Crippen molar-refractivity contribution in [1.82, 2.24) is 10.2 Å². The van der Waals surface area contributed by atoms with Crippen LogP contribution in [0.1, 0.15) is 55.1 Å². The lowest BCUT2D eigenvalue weighted by Crippen LogP contribution is -2.72. The number of rotatable bonds is 8. The van der Waals surface area contributed by atoms with E-state index in [4.69, 9.17) is 9.94 Å². The summed E-state index contributed by atoms with van der Waals surface area (Å²) in [6.45, 7) is 5.78. The van der Waals surface area contributed by atoms with Crippen molar-refractivity contribution in [3.8, 4) is 0 Å². The maximum atomic E-state index is 12.9. The average molecular weight is 437 g/mol. The molecule has 8 heteroatoms. The summed E-state index contributed by atoms with van der Waals surface area (Å²) in [5.74, 6) is -1.29. The number of oxime groups is 1. The van der Waals surface area contributed by atoms with Crippen molar-refractivity contribution in [3.05, 3.63) is 71.3 Å². The Hall–Kier alpha value is -3.68. The summed E-state index contributed by atoms with van der Waals surface area (Å²) >= 11 is 0. The summed E-state index contributed by atoms with van der Waals surface area (Å²) in [5, 5.41) is 16.0. The molecule has 2 aromatic rings. The number of hydrogen-bond donors (Lipinski definition) is 2. The number of carboxylic acids is 1. The highest BCUT2D eigenvalue weighted by Gasteiger charge is 2.63. The molecule has 1 aliphatic rings. The number of hydrogen-bond acceptors (Lipinski definition) is 5. The molecule has 3 amide bonds. The van der Waals surface area contributed by atoms with E-state index in [1.54, 1.807) is 19.1 Å². The molecule has 2 aromatic carbocycles. The first-order chi connectivity index (χ1) is 15.3. The molecular weight excluding hydrogens is 410 g/mol. The molecule has 1 unspecified atom stereocenters. The number of likely N-dealkylation sites (tertiary alicyclic amines) is 1. The fourth-order valence-electron chi connectivity index (χ4n) is 3.78. The lowest BCUT2D eigenvalue weighted by Gasteiger charge is -2.51. The third-order valence-corrected chi connectivity index (χ3v) is 5.96. The fraction of sp³-hybridized carbons (Fsp3) is 0.333. The quantitative estimate of drug-likeness (QED) is 0.369. The Morgan fingerprint density at radius 2 is 1.66 bits per heavy atom. The Balaban J connectivity index is 1.75. The number of carbonyl (C=O) groups excluding carboxylic acids is 2. The summed E-state index contributed by atoms with van der Waals surface area (Å²) in [6.07, 6.45) is 0.198. The van der Waals surface area contributed by atoms with E-state index in [1.165, 1.54) is 12.1 Å². The van der Waals surface area contributed by atoms with E-state index < -0.39 is 23.6 Å². The van der Waals surface area contributed by atoms with E-state index in [-0.39, 0.29) is 11.5 Å². The second-order valence-electron chi connectivity index (χ2n) is 7.70. The molecule has 32 heavy (non-hydrogen) atoms. The maximum Gasteiger partial charge on any atom is 0.335 e. The molecule has 0 saturated carbocycles. The summed E-state index contributed by atoms with van der Waals surface area (Å²) in [4.78, 5) is 43.5. The summed E-state index contributed by atoms with van der Waals surface area (Å²) in [7, 11) is 0. The van der Waals surface area contributed by atoms with Crippen molar-refractivity contribution in [2.75, 3.05) is 0 Å². The molecular formula is C24H27N3O5. The minimum atomic E-state index is -1.01. The number of carboxylic acid groups (broad SMARTS) is 1. The van der Waals surface area contributed by atoms with Crippen LogP contribution in [0.2, 0.25) is 0 Å². The highest BCUT2D eigenvalue weighted by molar-refractivity contribution is 6.03. The highest BCUT2D eigenvalue weighted by Crippen LogP contribution is 2.46. The van der Waals surface area contributed by atoms with Gasteiger partial charge in [0.15, 0.2) is 0 Å². The maximum absolute atomic E-state index is 12.9. The Morgan fingerprint density at radius 3 is 2.22 bits per heavy atom. The zero-order valence-corrected chi connectivity index (χ0v) is 18.4. The van der Waals surface area contributed by atoms with Gasteiger partial charge in [-0.3, -0.25) is 4.79 Å². The number of nitrogens with one attached hydrogen (secondary N) is 1. The topological polar surface area (TPSA) is 108 Å². The summed E-state index contributed by atoms with van der Waals surface area (Å²) < 4.78 is 0. The van der Waals surface area contributed by atoms with Gasteiger partial charge in [-0.1, -0.05) is 61.5 Å². The van der Waals surface area contributed by atoms with Gasteiger partial charge in [-0.05, 0) is 43.0 Å². The van der Waals surface area contributed by atoms with Crippen molar-refractivity contribution in [3.63, 3.8) is 0 Å². The molecule has 1 heterocycles. The third kappa shape index (κ3) is 4.34. The number of imide groups is 1. The van der Waals surface area contributed by atoms with Crippen LogP contribution in [0.25, 0.3) is 0 Å². The zero-order valence-electron chi connectivity index (χ0n) is 18.4. The van der Waals surface area contributed by atoms with Gasteiger partial charge in [0.1, 0.15) is 5.41 Å². The molecule has 0 aromatic heterocycles. The van der Waals surface area contributed by atoms with Crippen LogP contribution in [-0.4, -0.2) is 39.9 Å². The van der Waals surface area contributed by atoms with E-state index in [0.29, 0.717) is 30.7 Å². The molecule has 2 N–H and O–H groups in total. The van der Waals surface area contributed by atoms with Crippen LogP contribution in [0.5, 0.6) is 0 Å². The monoisotopic (exact) mass is 437 g/mol. The lowest BCUT2D eigenvalue weighted by molar-refractivity contribution is -0.210. The van der Waals surface area contributed by atoms with Crippen molar-refractivity contribution in [2.45, 2.75) is 46.4 Å². The van der Waals surface area contributed by atoms with Crippen LogP contribution in [0, 0.1) is 5.41 Å². The van der Waals surface area contributed by atoms with Gasteiger partial charge in [0, 0.05) is 6.54 Å². The smallest absolute Gasteiger partial charge is 0.335 e. The minimum Gasteiger partial charge on any atom is -0.478 e. The van der Waals surface area contributed by atoms with Gasteiger partial charge in [-0.15, -0.1) is 0 Å². The Bertz CT molecular complexity index is 1010. The SMILES string of the molecule is CCC1(CC)C(=O)N(C(=O)NCc2ccccc2)C1O/N=C(\C)c1ccc(C(=O)O)cc1. The van der Waals surface area contributed by atoms with Crippen molar-refractivity contribution >= 4 is 23.6 Å². The van der Waals surface area contributed by atoms with Crippen LogP contribution >= 0.6 is 0 Å². The molecule has 1 atom stereocenters. The van der Waals surface area contributed by atoms with Crippen LogP contribution in [-0.2, 0) is 16.2 Å². The number of nitrogens with zero attached hydrogens (tertiary/aromatic N) is 2. The van der Waals surface area contributed by atoms with Gasteiger partial charge in [-0.2, -0.15) is 0 Å². The zero-order chi connectivity index (χ0) is 23.3. The predicted molar refractivity (Wildman–Crippen MR) is 119 cm³/mol. The molecule has 0 spiro atoms. The number of β-lactam (4-membered cyclic amide) rings is 1. The third-order valence-electron chi connectivity index (χ3n) is 5.96. The Labute approximate surface area is 186 Å². The van der Waals surface area contributed by atoms with E-state index in [1.807, 2.05) is 44.2 Å². The van der Waals surface area contributed by atoms with E-state index in [0.717, 1.165) is 10.5 Å². The minimum absolute atomic E-state index is 0.171. The van der Waals surface area contributed by atoms with E-state index in [2.05, 4.69) is 10.5 Å². The molecule has 0 radical (unpaired) electrons. The van der Waals surface area contributed by atoms with Crippen LogP contribution in [0.3, 0.4) is 0 Å². The molecule has 1 saturated heterocycles. The van der Waals surface area contributed by atoms with Gasteiger partial charge in [0.25, 0.3) is 0 Å². The average Bonchev–Trinajstić information content (AvgIpc) is 2.81. The molecule has 1 aliphatic heterocycles. The second-order valence-corrected chi connectivity index (χ2v) is 7.70. The van der Waals surface area contributed by atoms with Crippen molar-refractivity contribution < 1.29 is 24.3 Å². The van der Waals surface area contributed by atoms with E-state index in [9.17, 15) is 14.4 Å². The Morgan fingerprint density at radius 1 is 1.06 bits per heavy atom. The highest BCUT2D eigenvalue weighted by atomic mass is 16.7. The second kappa shape index (κ2) is 9.64. The first kappa shape index (κ1) is 23.0. The van der Waals surface area contributed by atoms with Crippen LogP contribution in [0.15, 0.2) is 59.8 Å². The standard InChI is InChI=1S/C24H27N3O5/c1-4-24(5-2)21(30)27(23(31)25-15-17-9-7-6-8-10-17)22(24)32-26-16(3)18-11-13-19(14-12-18)20(28)29/h6-14,22H,4-5,15H2,1-3H3,(H,25,31)(H,28,29)/b26-16+. The van der Waals surface area contributed by atoms with Crippen LogP contribution < -0.4 is 5.32 Å². The van der Waals surface area contributed by atoms with Gasteiger partial charge in [0.05, 0.1) is 11.3 Å². The van der Waals surface area contributed by atoms with Gasteiger partial charge >= 0.3 is 12.0 Å². The number of aromatic carboxylic acids is 1. The van der Waals surface area contributed by atoms with Crippen LogP contribution in [0.4, 0.5) is 4.79 Å². The Kier molecular flexibility index (Phi) is 6.92. The molecule has 0 aliphatic carbocycles. The fourth-order valence-corrected chi connectivity index (χ4v) is 3.78. The largest absolute Gasteiger partial charge is 0.478 e. The molecule has 8 nitrogen and oxygen atoms in total. The van der Waals surface area contributed by atoms with Gasteiger partial charge < -0.3 is 15.3 Å². The number of amides is 3. The molecule has 3 rings (SSSR count). The number of carbonyl (C=O) groups is 3. The first-order valence-electron chi connectivity index (χ1n) is 10.5. The summed E-state index contributed by atoms with van der Waals surface area (Å²) in [6, 6.07) is 15.1. The predicted octanol–water partition coefficient (Wildman–Crippen LogP) is 4.01. The lowest BCUT2D eigenvalue weighted by atomic mass is 9.72. The van der Waals surface area contributed by atoms with Crippen molar-refractivity contribution in [2.24, 2.45) is 10.6 Å². The normalized spacial score (nSPS) is 17.5. The van der Waals surface area contributed by atoms with E-state index >= 15 is 0 Å². The molecule has 1 fully saturated rings. The van der Waals surface area contributed by atoms with Gasteiger partial charge in [0.2, 0.25) is 12.1 Å². The van der Waals surface area contributed by atoms with Gasteiger partial charge in [-0.25, -0.2) is 14.5 Å². The molecule has 168 valence electrons. The van der Waals surface area contributed by atoms with Crippen molar-refractivity contribution in [1.29, 1.82) is 0 Å². The molecule has 0 bridgehead atoms. The number of benzene rings is 2.